The van der Waals surface area contributed by atoms with Gasteiger partial charge in [0.2, 0.25) is 0 Å². The average molecular weight is 298 g/mol. The van der Waals surface area contributed by atoms with Crippen LogP contribution in [0, 0.1) is 5.92 Å². The Kier molecular flexibility index (Phi) is 8.09. The molecule has 1 rings (SSSR count). The van der Waals surface area contributed by atoms with Crippen LogP contribution < -0.4 is 10.6 Å². The second-order valence-corrected chi connectivity index (χ2v) is 7.38. The van der Waals surface area contributed by atoms with Crippen molar-refractivity contribution < 1.29 is 9.53 Å². The Balaban J connectivity index is 2.00. The number of ether oxygens (including phenoxy) is 1. The van der Waals surface area contributed by atoms with Gasteiger partial charge < -0.3 is 15.4 Å². The lowest BCUT2D eigenvalue weighted by Gasteiger charge is -2.22. The van der Waals surface area contributed by atoms with Crippen LogP contribution in [-0.2, 0) is 4.74 Å². The van der Waals surface area contributed by atoms with Crippen LogP contribution in [0.1, 0.15) is 72.6 Å². The highest BCUT2D eigenvalue weighted by atomic mass is 16.6. The van der Waals surface area contributed by atoms with Crippen molar-refractivity contribution >= 4 is 6.09 Å². The highest BCUT2D eigenvalue weighted by Crippen LogP contribution is 2.25. The molecule has 0 saturated heterocycles. The van der Waals surface area contributed by atoms with Gasteiger partial charge in [0.25, 0.3) is 0 Å². The fourth-order valence-corrected chi connectivity index (χ4v) is 2.81. The van der Waals surface area contributed by atoms with Gasteiger partial charge in [-0.2, -0.15) is 0 Å². The third kappa shape index (κ3) is 9.72. The number of nitrogens with one attached hydrogen (secondary N) is 2. The van der Waals surface area contributed by atoms with E-state index in [-0.39, 0.29) is 12.1 Å². The molecule has 1 aliphatic rings. The Morgan fingerprint density at radius 2 is 1.86 bits per heavy atom. The normalized spacial score (nSPS) is 18.3. The summed E-state index contributed by atoms with van der Waals surface area (Å²) in [5.41, 5.74) is -0.429. The van der Waals surface area contributed by atoms with E-state index >= 15 is 0 Å². The zero-order chi connectivity index (χ0) is 15.7. The molecule has 1 fully saturated rings. The lowest BCUT2D eigenvalue weighted by Crippen LogP contribution is -2.39. The third-order valence-corrected chi connectivity index (χ3v) is 3.97. The summed E-state index contributed by atoms with van der Waals surface area (Å²) in [6, 6.07) is 0.141. The summed E-state index contributed by atoms with van der Waals surface area (Å²) in [6.45, 7) is 9.71. The van der Waals surface area contributed by atoms with E-state index in [9.17, 15) is 4.79 Å². The number of amides is 1. The standard InChI is InChI=1S/C17H34N2O2/c1-14(19-16(20)21-17(2,3)4)10-12-18-13-11-15-8-6-5-7-9-15/h14-15,18H,5-13H2,1-4H3,(H,19,20). The predicted molar refractivity (Wildman–Crippen MR) is 87.5 cm³/mol. The molecule has 0 spiro atoms. The van der Waals surface area contributed by atoms with Crippen molar-refractivity contribution in [2.75, 3.05) is 13.1 Å². The molecule has 0 bridgehead atoms. The minimum absolute atomic E-state index is 0.141. The number of rotatable bonds is 7. The maximum atomic E-state index is 11.6. The monoisotopic (exact) mass is 298 g/mol. The highest BCUT2D eigenvalue weighted by molar-refractivity contribution is 5.67. The molecule has 21 heavy (non-hydrogen) atoms. The fourth-order valence-electron chi connectivity index (χ4n) is 2.81. The summed E-state index contributed by atoms with van der Waals surface area (Å²) in [7, 11) is 0. The minimum Gasteiger partial charge on any atom is -0.444 e. The zero-order valence-corrected chi connectivity index (χ0v) is 14.3. The van der Waals surface area contributed by atoms with E-state index in [2.05, 4.69) is 10.6 Å². The summed E-state index contributed by atoms with van der Waals surface area (Å²) < 4.78 is 5.24. The van der Waals surface area contributed by atoms with Crippen molar-refractivity contribution in [3.8, 4) is 0 Å². The van der Waals surface area contributed by atoms with Crippen LogP contribution >= 0.6 is 0 Å². The topological polar surface area (TPSA) is 50.4 Å². The predicted octanol–water partition coefficient (Wildman–Crippen LogP) is 3.85. The van der Waals surface area contributed by atoms with E-state index in [4.69, 9.17) is 4.74 Å². The molecular formula is C17H34N2O2. The van der Waals surface area contributed by atoms with E-state index < -0.39 is 5.60 Å². The van der Waals surface area contributed by atoms with E-state index in [1.165, 1.54) is 38.5 Å². The molecular weight excluding hydrogens is 264 g/mol. The molecule has 0 heterocycles. The second kappa shape index (κ2) is 9.29. The molecule has 1 atom stereocenters. The number of carbonyl (C=O) groups is 1. The molecule has 0 radical (unpaired) electrons. The summed E-state index contributed by atoms with van der Waals surface area (Å²) in [5.74, 6) is 0.934. The Hall–Kier alpha value is -0.770. The Morgan fingerprint density at radius 1 is 1.19 bits per heavy atom. The van der Waals surface area contributed by atoms with Crippen molar-refractivity contribution in [1.82, 2.24) is 10.6 Å². The SMILES string of the molecule is CC(CCNCCC1CCCCC1)NC(=O)OC(C)(C)C. The molecule has 0 aromatic carbocycles. The van der Waals surface area contributed by atoms with Crippen LogP contribution in [0.5, 0.6) is 0 Å². The first-order chi connectivity index (χ1) is 9.87. The molecule has 0 aromatic heterocycles. The lowest BCUT2D eigenvalue weighted by atomic mass is 9.87. The van der Waals surface area contributed by atoms with Gasteiger partial charge >= 0.3 is 6.09 Å². The summed E-state index contributed by atoms with van der Waals surface area (Å²) in [6.07, 6.45) is 9.01. The Bertz CT molecular complexity index is 294. The Morgan fingerprint density at radius 3 is 2.48 bits per heavy atom. The van der Waals surface area contributed by atoms with Crippen LogP contribution in [0.15, 0.2) is 0 Å². The van der Waals surface area contributed by atoms with Crippen LogP contribution in [0.2, 0.25) is 0 Å². The van der Waals surface area contributed by atoms with Crippen molar-refractivity contribution in [3.63, 3.8) is 0 Å². The molecule has 124 valence electrons. The molecule has 4 nitrogen and oxygen atoms in total. The number of hydrogen-bond donors (Lipinski definition) is 2. The van der Waals surface area contributed by atoms with Gasteiger partial charge in [0.05, 0.1) is 0 Å². The van der Waals surface area contributed by atoms with Crippen LogP contribution in [0.3, 0.4) is 0 Å². The lowest BCUT2D eigenvalue weighted by molar-refractivity contribution is 0.0506. The fraction of sp³-hybridized carbons (Fsp3) is 0.941. The molecule has 1 aliphatic carbocycles. The minimum atomic E-state index is -0.429. The average Bonchev–Trinajstić information content (AvgIpc) is 2.37. The highest BCUT2D eigenvalue weighted by Gasteiger charge is 2.17. The van der Waals surface area contributed by atoms with Crippen molar-refractivity contribution in [3.05, 3.63) is 0 Å². The van der Waals surface area contributed by atoms with E-state index in [1.807, 2.05) is 27.7 Å². The first kappa shape index (κ1) is 18.3. The van der Waals surface area contributed by atoms with E-state index in [0.29, 0.717) is 0 Å². The maximum absolute atomic E-state index is 11.6. The summed E-state index contributed by atoms with van der Waals surface area (Å²) in [4.78, 5) is 11.6. The first-order valence-corrected chi connectivity index (χ1v) is 8.57. The van der Waals surface area contributed by atoms with Crippen LogP contribution in [-0.4, -0.2) is 30.8 Å². The van der Waals surface area contributed by atoms with Crippen molar-refractivity contribution in [1.29, 1.82) is 0 Å². The van der Waals surface area contributed by atoms with Gasteiger partial charge in [-0.25, -0.2) is 4.79 Å². The van der Waals surface area contributed by atoms with Gasteiger partial charge in [0.15, 0.2) is 0 Å². The smallest absolute Gasteiger partial charge is 0.407 e. The van der Waals surface area contributed by atoms with Gasteiger partial charge in [-0.05, 0) is 59.5 Å². The zero-order valence-electron chi connectivity index (χ0n) is 14.3. The van der Waals surface area contributed by atoms with Crippen molar-refractivity contribution in [2.24, 2.45) is 5.92 Å². The quantitative estimate of drug-likeness (QED) is 0.702. The molecule has 0 aromatic rings. The third-order valence-electron chi connectivity index (χ3n) is 3.97. The summed E-state index contributed by atoms with van der Waals surface area (Å²) in [5, 5.41) is 6.37. The van der Waals surface area contributed by atoms with E-state index in [0.717, 1.165) is 25.4 Å². The van der Waals surface area contributed by atoms with Gasteiger partial charge in [-0.15, -0.1) is 0 Å². The van der Waals surface area contributed by atoms with Crippen LogP contribution in [0.25, 0.3) is 0 Å². The van der Waals surface area contributed by atoms with Gasteiger partial charge in [-0.3, -0.25) is 0 Å². The van der Waals surface area contributed by atoms with Gasteiger partial charge in [0, 0.05) is 6.04 Å². The van der Waals surface area contributed by atoms with Crippen LogP contribution in [0.4, 0.5) is 4.79 Å². The summed E-state index contributed by atoms with van der Waals surface area (Å²) >= 11 is 0. The van der Waals surface area contributed by atoms with Gasteiger partial charge in [0.1, 0.15) is 5.60 Å². The van der Waals surface area contributed by atoms with Gasteiger partial charge in [-0.1, -0.05) is 32.1 Å². The second-order valence-electron chi connectivity index (χ2n) is 7.38. The number of hydrogen-bond acceptors (Lipinski definition) is 3. The van der Waals surface area contributed by atoms with Crippen molar-refractivity contribution in [2.45, 2.75) is 84.3 Å². The molecule has 1 amide bonds. The largest absolute Gasteiger partial charge is 0.444 e. The molecule has 4 heteroatoms. The molecule has 0 aliphatic heterocycles. The van der Waals surface area contributed by atoms with E-state index in [1.54, 1.807) is 0 Å². The number of alkyl carbamates (subject to hydrolysis) is 1. The molecule has 1 unspecified atom stereocenters. The maximum Gasteiger partial charge on any atom is 0.407 e. The Labute approximate surface area is 130 Å². The molecule has 2 N–H and O–H groups in total. The molecule has 1 saturated carbocycles. The first-order valence-electron chi connectivity index (χ1n) is 8.57. The number of carbonyl (C=O) groups excluding carboxylic acids is 1.